The van der Waals surface area contributed by atoms with Crippen LogP contribution in [0.4, 0.5) is 23.4 Å². The third kappa shape index (κ3) is 4.49. The molecular formula is C18H14F4N2O3. The smallest absolute Gasteiger partial charge is 0.343 e. The molecule has 0 aliphatic heterocycles. The molecule has 0 amide bonds. The minimum atomic E-state index is -1.41. The summed E-state index contributed by atoms with van der Waals surface area (Å²) in [5.74, 6) is -6.78. The van der Waals surface area contributed by atoms with Gasteiger partial charge >= 0.3 is 5.97 Å². The molecule has 27 heavy (non-hydrogen) atoms. The Hall–Kier alpha value is -3.23. The predicted molar refractivity (Wildman–Crippen MR) is 89.6 cm³/mol. The molecule has 0 fully saturated rings. The lowest BCUT2D eigenvalue weighted by Gasteiger charge is -2.10. The van der Waals surface area contributed by atoms with E-state index in [1.165, 1.54) is 13.0 Å². The summed E-state index contributed by atoms with van der Waals surface area (Å²) in [5.41, 5.74) is -2.03. The highest BCUT2D eigenvalue weighted by Crippen LogP contribution is 2.26. The second-order valence-corrected chi connectivity index (χ2v) is 5.23. The fourth-order valence-corrected chi connectivity index (χ4v) is 2.04. The quantitative estimate of drug-likeness (QED) is 0.210. The van der Waals surface area contributed by atoms with Crippen LogP contribution in [0.2, 0.25) is 0 Å². The zero-order chi connectivity index (χ0) is 20.1. The van der Waals surface area contributed by atoms with Crippen molar-refractivity contribution in [3.63, 3.8) is 0 Å². The summed E-state index contributed by atoms with van der Waals surface area (Å²) in [4.78, 5) is 19.5. The minimum absolute atomic E-state index is 0.0204. The Morgan fingerprint density at radius 1 is 1.26 bits per heavy atom. The molecule has 0 radical (unpaired) electrons. The highest BCUT2D eigenvalue weighted by molar-refractivity contribution is 6.15. The van der Waals surface area contributed by atoms with Crippen LogP contribution in [0.3, 0.4) is 0 Å². The van der Waals surface area contributed by atoms with E-state index in [0.29, 0.717) is 6.07 Å². The molecule has 9 heteroatoms. The van der Waals surface area contributed by atoms with Crippen LogP contribution in [-0.4, -0.2) is 28.9 Å². The number of halogens is 4. The van der Waals surface area contributed by atoms with E-state index < -0.39 is 51.7 Å². The monoisotopic (exact) mass is 382 g/mol. The molecule has 0 atom stereocenters. The molecule has 142 valence electrons. The molecule has 1 N–H and O–H groups in total. The Labute approximate surface area is 151 Å². The first-order chi connectivity index (χ1) is 12.8. The highest BCUT2D eigenvalue weighted by Gasteiger charge is 2.23. The van der Waals surface area contributed by atoms with E-state index in [-0.39, 0.29) is 12.4 Å². The zero-order valence-corrected chi connectivity index (χ0v) is 14.3. The van der Waals surface area contributed by atoms with Crippen molar-refractivity contribution in [1.29, 1.82) is 0 Å². The number of rotatable bonds is 5. The summed E-state index contributed by atoms with van der Waals surface area (Å²) < 4.78 is 58.9. The number of aliphatic hydroxyl groups excluding tert-OH is 1. The van der Waals surface area contributed by atoms with Gasteiger partial charge in [-0.3, -0.25) is 0 Å². The molecule has 0 saturated carbocycles. The van der Waals surface area contributed by atoms with Crippen LogP contribution in [0.15, 0.2) is 35.0 Å². The Balaban J connectivity index is 2.58. The van der Waals surface area contributed by atoms with Gasteiger partial charge in [0.1, 0.15) is 23.0 Å². The molecule has 2 aromatic rings. The average Bonchev–Trinajstić information content (AvgIpc) is 2.64. The molecule has 0 unspecified atom stereocenters. The summed E-state index contributed by atoms with van der Waals surface area (Å²) in [6.45, 7) is 2.40. The SMILES string of the molecule is CCOC(=O)C(C=Nc1ccc(F)cn1)=C(O)c1cc(F)c(F)c(C)c1F. The fourth-order valence-electron chi connectivity index (χ4n) is 2.04. The average molecular weight is 382 g/mol. The molecular weight excluding hydrogens is 368 g/mol. The van der Waals surface area contributed by atoms with E-state index >= 15 is 0 Å². The first-order valence-corrected chi connectivity index (χ1v) is 7.66. The Morgan fingerprint density at radius 3 is 2.56 bits per heavy atom. The van der Waals surface area contributed by atoms with Crippen molar-refractivity contribution in [2.24, 2.45) is 4.99 Å². The molecule has 0 aliphatic rings. The van der Waals surface area contributed by atoms with E-state index in [1.54, 1.807) is 0 Å². The Morgan fingerprint density at radius 2 is 1.96 bits per heavy atom. The van der Waals surface area contributed by atoms with Gasteiger partial charge in [0.2, 0.25) is 0 Å². The standard InChI is InChI=1S/C18H14F4N2O3/c1-3-27-18(26)12(8-24-14-5-4-10(19)7-23-14)17(25)11-6-13(20)16(22)9(2)15(11)21/h4-8,25H,3H2,1-2H3. The summed E-state index contributed by atoms with van der Waals surface area (Å²) >= 11 is 0. The zero-order valence-electron chi connectivity index (χ0n) is 14.3. The van der Waals surface area contributed by atoms with Gasteiger partial charge in [-0.1, -0.05) is 0 Å². The number of aliphatic hydroxyl groups is 1. The Kier molecular flexibility index (Phi) is 6.27. The Bertz CT molecular complexity index is 925. The first kappa shape index (κ1) is 20.1. The lowest BCUT2D eigenvalue weighted by Crippen LogP contribution is -2.12. The highest BCUT2D eigenvalue weighted by atomic mass is 19.2. The van der Waals surface area contributed by atoms with Crippen LogP contribution in [0, 0.1) is 30.2 Å². The molecule has 1 aromatic heterocycles. The van der Waals surface area contributed by atoms with Gasteiger partial charge in [-0.15, -0.1) is 0 Å². The van der Waals surface area contributed by atoms with Gasteiger partial charge in [0.25, 0.3) is 0 Å². The van der Waals surface area contributed by atoms with Crippen LogP contribution in [-0.2, 0) is 9.53 Å². The number of pyridine rings is 1. The maximum Gasteiger partial charge on any atom is 0.343 e. The molecule has 0 spiro atoms. The lowest BCUT2D eigenvalue weighted by atomic mass is 10.0. The van der Waals surface area contributed by atoms with Gasteiger partial charge in [-0.2, -0.15) is 0 Å². The largest absolute Gasteiger partial charge is 0.506 e. The van der Waals surface area contributed by atoms with Crippen LogP contribution in [0.1, 0.15) is 18.1 Å². The van der Waals surface area contributed by atoms with E-state index in [2.05, 4.69) is 9.98 Å². The first-order valence-electron chi connectivity index (χ1n) is 7.66. The number of hydrogen-bond donors (Lipinski definition) is 1. The maximum atomic E-state index is 14.3. The van der Waals surface area contributed by atoms with Crippen molar-refractivity contribution in [2.75, 3.05) is 6.61 Å². The van der Waals surface area contributed by atoms with Crippen molar-refractivity contribution >= 4 is 23.8 Å². The number of carbonyl (C=O) groups is 1. The van der Waals surface area contributed by atoms with E-state index in [9.17, 15) is 27.5 Å². The fraction of sp³-hybridized carbons (Fsp3) is 0.167. The van der Waals surface area contributed by atoms with E-state index in [0.717, 1.165) is 25.4 Å². The molecule has 2 rings (SSSR count). The molecule has 0 saturated heterocycles. The maximum absolute atomic E-state index is 14.3. The number of ether oxygens (including phenoxy) is 1. The number of aliphatic imine (C=N–C) groups is 1. The molecule has 0 aliphatic carbocycles. The van der Waals surface area contributed by atoms with E-state index in [1.807, 2.05) is 0 Å². The van der Waals surface area contributed by atoms with Crippen LogP contribution in [0.5, 0.6) is 0 Å². The van der Waals surface area contributed by atoms with Gasteiger partial charge in [-0.05, 0) is 32.0 Å². The second-order valence-electron chi connectivity index (χ2n) is 5.23. The summed E-state index contributed by atoms with van der Waals surface area (Å²) in [6.07, 6.45) is 1.68. The van der Waals surface area contributed by atoms with Gasteiger partial charge in [0.05, 0.1) is 18.4 Å². The summed E-state index contributed by atoms with van der Waals surface area (Å²) in [7, 11) is 0. The van der Waals surface area contributed by atoms with Crippen LogP contribution < -0.4 is 0 Å². The van der Waals surface area contributed by atoms with Crippen molar-refractivity contribution in [2.45, 2.75) is 13.8 Å². The van der Waals surface area contributed by atoms with Crippen molar-refractivity contribution in [3.05, 3.63) is 64.4 Å². The topological polar surface area (TPSA) is 71.8 Å². The molecule has 0 bridgehead atoms. The van der Waals surface area contributed by atoms with Crippen molar-refractivity contribution in [3.8, 4) is 0 Å². The predicted octanol–water partition coefficient (Wildman–Crippen LogP) is 4.18. The summed E-state index contributed by atoms with van der Waals surface area (Å²) in [6, 6.07) is 2.66. The second kappa shape index (κ2) is 8.43. The minimum Gasteiger partial charge on any atom is -0.506 e. The number of benzene rings is 1. The lowest BCUT2D eigenvalue weighted by molar-refractivity contribution is -0.137. The van der Waals surface area contributed by atoms with Gasteiger partial charge in [-0.25, -0.2) is 32.3 Å². The van der Waals surface area contributed by atoms with Crippen LogP contribution in [0.25, 0.3) is 5.76 Å². The number of aromatic nitrogens is 1. The normalized spacial score (nSPS) is 12.2. The molecule has 5 nitrogen and oxygen atoms in total. The van der Waals surface area contributed by atoms with Crippen molar-refractivity contribution < 1.29 is 32.2 Å². The van der Waals surface area contributed by atoms with Gasteiger partial charge < -0.3 is 9.84 Å². The number of carbonyl (C=O) groups excluding carboxylic acids is 1. The van der Waals surface area contributed by atoms with Crippen LogP contribution >= 0.6 is 0 Å². The number of hydrogen-bond acceptors (Lipinski definition) is 5. The number of esters is 1. The van der Waals surface area contributed by atoms with Gasteiger partial charge in [0.15, 0.2) is 17.5 Å². The third-order valence-electron chi connectivity index (χ3n) is 3.42. The van der Waals surface area contributed by atoms with Crippen molar-refractivity contribution in [1.82, 2.24) is 4.98 Å². The van der Waals surface area contributed by atoms with Gasteiger partial charge in [0, 0.05) is 11.8 Å². The number of nitrogens with zero attached hydrogens (tertiary/aromatic N) is 2. The van der Waals surface area contributed by atoms with E-state index in [4.69, 9.17) is 4.74 Å². The molecule has 1 heterocycles. The summed E-state index contributed by atoms with van der Waals surface area (Å²) in [5, 5.41) is 10.3. The third-order valence-corrected chi connectivity index (χ3v) is 3.42. The molecule has 1 aromatic carbocycles.